The van der Waals surface area contributed by atoms with Crippen molar-refractivity contribution in [1.82, 2.24) is 9.78 Å². The van der Waals surface area contributed by atoms with Gasteiger partial charge in [-0.3, -0.25) is 9.48 Å². The van der Waals surface area contributed by atoms with E-state index in [0.717, 1.165) is 26.0 Å². The molecular formula is C11H15ClN2O2. The van der Waals surface area contributed by atoms with Gasteiger partial charge in [-0.25, -0.2) is 0 Å². The lowest BCUT2D eigenvalue weighted by Gasteiger charge is -2.22. The van der Waals surface area contributed by atoms with Crippen molar-refractivity contribution < 1.29 is 9.53 Å². The summed E-state index contributed by atoms with van der Waals surface area (Å²) in [5.74, 6) is -0.0801. The van der Waals surface area contributed by atoms with E-state index in [9.17, 15) is 4.79 Å². The van der Waals surface area contributed by atoms with Crippen LogP contribution in [0.2, 0.25) is 0 Å². The molecule has 0 amide bonds. The van der Waals surface area contributed by atoms with Gasteiger partial charge in [0.1, 0.15) is 0 Å². The Hall–Kier alpha value is -0.870. The number of nitrogens with zero attached hydrogens (tertiary/aromatic N) is 2. The maximum atomic E-state index is 11.3. The van der Waals surface area contributed by atoms with Gasteiger partial charge in [-0.15, -0.1) is 11.6 Å². The fourth-order valence-corrected chi connectivity index (χ4v) is 2.00. The third-order valence-electron chi connectivity index (χ3n) is 2.74. The maximum Gasteiger partial charge on any atom is 0.180 e. The van der Waals surface area contributed by atoms with E-state index >= 15 is 0 Å². The van der Waals surface area contributed by atoms with Crippen molar-refractivity contribution in [3.05, 3.63) is 18.0 Å². The monoisotopic (exact) mass is 242 g/mol. The van der Waals surface area contributed by atoms with Crippen LogP contribution in [0.15, 0.2) is 12.4 Å². The summed E-state index contributed by atoms with van der Waals surface area (Å²) in [6.45, 7) is 1.55. The number of carbonyl (C=O) groups excluding carboxylic acids is 1. The number of halogens is 1. The van der Waals surface area contributed by atoms with Gasteiger partial charge in [-0.2, -0.15) is 5.10 Å². The Balaban J connectivity index is 1.94. The van der Waals surface area contributed by atoms with E-state index in [2.05, 4.69) is 5.10 Å². The second kappa shape index (κ2) is 5.46. The fourth-order valence-electron chi connectivity index (χ4n) is 1.84. The molecule has 0 aliphatic carbocycles. The summed E-state index contributed by atoms with van der Waals surface area (Å²) < 4.78 is 7.37. The zero-order valence-electron chi connectivity index (χ0n) is 9.06. The molecule has 1 atom stereocenters. The number of ether oxygens (including phenoxy) is 1. The third kappa shape index (κ3) is 2.83. The number of hydrogen-bond acceptors (Lipinski definition) is 3. The van der Waals surface area contributed by atoms with E-state index in [1.165, 1.54) is 6.42 Å². The van der Waals surface area contributed by atoms with Gasteiger partial charge in [-0.1, -0.05) is 0 Å². The smallest absolute Gasteiger partial charge is 0.180 e. The van der Waals surface area contributed by atoms with Gasteiger partial charge in [0, 0.05) is 12.8 Å². The Kier molecular flexibility index (Phi) is 3.96. The van der Waals surface area contributed by atoms with Crippen LogP contribution < -0.4 is 0 Å². The van der Waals surface area contributed by atoms with Gasteiger partial charge in [0.25, 0.3) is 0 Å². The van der Waals surface area contributed by atoms with Crippen molar-refractivity contribution in [2.45, 2.75) is 31.9 Å². The van der Waals surface area contributed by atoms with Crippen LogP contribution >= 0.6 is 11.6 Å². The summed E-state index contributed by atoms with van der Waals surface area (Å²) in [6, 6.07) is 0. The molecule has 1 aliphatic heterocycles. The van der Waals surface area contributed by atoms with E-state index in [1.54, 1.807) is 17.1 Å². The normalized spacial score (nSPS) is 20.9. The number of alkyl halides is 1. The number of aromatic nitrogens is 2. The zero-order valence-corrected chi connectivity index (χ0v) is 9.82. The van der Waals surface area contributed by atoms with Crippen LogP contribution in [0.4, 0.5) is 0 Å². The number of hydrogen-bond donors (Lipinski definition) is 0. The minimum atomic E-state index is -0.0857. The van der Waals surface area contributed by atoms with Crippen LogP contribution in [0.3, 0.4) is 0 Å². The highest BCUT2D eigenvalue weighted by Gasteiger charge is 2.15. The van der Waals surface area contributed by atoms with E-state index in [1.807, 2.05) is 0 Å². The SMILES string of the molecule is O=C(CCl)c1cnn(C[C@@H]2CCCCO2)c1. The lowest BCUT2D eigenvalue weighted by atomic mass is 10.1. The predicted octanol–water partition coefficient (Wildman–Crippen LogP) is 1.87. The first-order valence-electron chi connectivity index (χ1n) is 5.53. The molecule has 0 N–H and O–H groups in total. The van der Waals surface area contributed by atoms with Crippen molar-refractivity contribution in [2.75, 3.05) is 12.5 Å². The second-order valence-electron chi connectivity index (χ2n) is 4.00. The Morgan fingerprint density at radius 2 is 2.50 bits per heavy atom. The summed E-state index contributed by atoms with van der Waals surface area (Å²) in [7, 11) is 0. The molecule has 1 aromatic rings. The predicted molar refractivity (Wildman–Crippen MR) is 60.9 cm³/mol. The molecule has 1 aromatic heterocycles. The largest absolute Gasteiger partial charge is 0.376 e. The minimum absolute atomic E-state index is 0.00558. The molecule has 0 saturated carbocycles. The molecular weight excluding hydrogens is 228 g/mol. The van der Waals surface area contributed by atoms with E-state index in [-0.39, 0.29) is 17.8 Å². The van der Waals surface area contributed by atoms with Crippen molar-refractivity contribution in [3.63, 3.8) is 0 Å². The summed E-state index contributed by atoms with van der Waals surface area (Å²) in [6.07, 6.45) is 6.95. The van der Waals surface area contributed by atoms with Crippen LogP contribution in [0.1, 0.15) is 29.6 Å². The van der Waals surface area contributed by atoms with Crippen molar-refractivity contribution in [3.8, 4) is 0 Å². The van der Waals surface area contributed by atoms with E-state index in [4.69, 9.17) is 16.3 Å². The summed E-state index contributed by atoms with van der Waals surface area (Å²) in [4.78, 5) is 11.3. The lowest BCUT2D eigenvalue weighted by Crippen LogP contribution is -2.24. The first-order valence-corrected chi connectivity index (χ1v) is 6.06. The van der Waals surface area contributed by atoms with Gasteiger partial charge < -0.3 is 4.74 Å². The highest BCUT2D eigenvalue weighted by Crippen LogP contribution is 2.14. The standard InChI is InChI=1S/C11H15ClN2O2/c12-5-11(15)9-6-13-14(7-9)8-10-3-1-2-4-16-10/h6-7,10H,1-5,8H2/t10-/m0/s1. The molecule has 1 saturated heterocycles. The topological polar surface area (TPSA) is 44.1 Å². The van der Waals surface area contributed by atoms with E-state index in [0.29, 0.717) is 5.56 Å². The van der Waals surface area contributed by atoms with Gasteiger partial charge in [0.05, 0.1) is 30.3 Å². The number of ketones is 1. The van der Waals surface area contributed by atoms with Crippen molar-refractivity contribution >= 4 is 17.4 Å². The molecule has 2 heterocycles. The minimum Gasteiger partial charge on any atom is -0.376 e. The number of carbonyl (C=O) groups is 1. The van der Waals surface area contributed by atoms with Crippen LogP contribution in [-0.2, 0) is 11.3 Å². The third-order valence-corrected chi connectivity index (χ3v) is 2.98. The molecule has 0 spiro atoms. The first kappa shape index (κ1) is 11.6. The van der Waals surface area contributed by atoms with Gasteiger partial charge in [0.15, 0.2) is 5.78 Å². The molecule has 1 aliphatic rings. The first-order chi connectivity index (χ1) is 7.79. The average Bonchev–Trinajstić information content (AvgIpc) is 2.78. The molecule has 5 heteroatoms. The van der Waals surface area contributed by atoms with E-state index < -0.39 is 0 Å². The Morgan fingerprint density at radius 3 is 3.19 bits per heavy atom. The quantitative estimate of drug-likeness (QED) is 0.598. The molecule has 0 bridgehead atoms. The zero-order chi connectivity index (χ0) is 11.4. The molecule has 16 heavy (non-hydrogen) atoms. The average molecular weight is 243 g/mol. The van der Waals surface area contributed by atoms with Crippen LogP contribution in [0.5, 0.6) is 0 Å². The number of Topliss-reactive ketones (excluding diaryl/α,β-unsaturated/α-hetero) is 1. The van der Waals surface area contributed by atoms with Crippen LogP contribution in [0.25, 0.3) is 0 Å². The van der Waals surface area contributed by atoms with Crippen molar-refractivity contribution in [2.24, 2.45) is 0 Å². The molecule has 4 nitrogen and oxygen atoms in total. The van der Waals surface area contributed by atoms with Gasteiger partial charge >= 0.3 is 0 Å². The summed E-state index contributed by atoms with van der Waals surface area (Å²) in [5.41, 5.74) is 0.575. The molecule has 0 unspecified atom stereocenters. The maximum absolute atomic E-state index is 11.3. The number of rotatable bonds is 4. The molecule has 0 radical (unpaired) electrons. The van der Waals surface area contributed by atoms with Crippen molar-refractivity contribution in [1.29, 1.82) is 0 Å². The molecule has 2 rings (SSSR count). The molecule has 0 aromatic carbocycles. The lowest BCUT2D eigenvalue weighted by molar-refractivity contribution is 0.00398. The van der Waals surface area contributed by atoms with Crippen LogP contribution in [0, 0.1) is 0 Å². The molecule has 1 fully saturated rings. The second-order valence-corrected chi connectivity index (χ2v) is 4.26. The van der Waals surface area contributed by atoms with Crippen LogP contribution in [-0.4, -0.2) is 34.2 Å². The van der Waals surface area contributed by atoms with Gasteiger partial charge in [0.2, 0.25) is 0 Å². The van der Waals surface area contributed by atoms with Gasteiger partial charge in [-0.05, 0) is 19.3 Å². The Morgan fingerprint density at radius 1 is 1.62 bits per heavy atom. The Labute approximate surface area is 99.5 Å². The fraction of sp³-hybridized carbons (Fsp3) is 0.636. The highest BCUT2D eigenvalue weighted by atomic mass is 35.5. The Bertz CT molecular complexity index is 359. The summed E-state index contributed by atoms with van der Waals surface area (Å²) >= 11 is 5.48. The molecule has 88 valence electrons. The summed E-state index contributed by atoms with van der Waals surface area (Å²) in [5, 5.41) is 4.14. The highest BCUT2D eigenvalue weighted by molar-refractivity contribution is 6.30.